The molecular formula is C12H16N2O3S2. The maximum atomic E-state index is 12.2. The fourth-order valence-electron chi connectivity index (χ4n) is 1.70. The lowest BCUT2D eigenvalue weighted by molar-refractivity contribution is 0.561. The summed E-state index contributed by atoms with van der Waals surface area (Å²) in [7, 11) is -1.64. The fourth-order valence-corrected chi connectivity index (χ4v) is 4.36. The van der Waals surface area contributed by atoms with Crippen molar-refractivity contribution in [3.8, 4) is 0 Å². The Morgan fingerprint density at radius 3 is 2.79 bits per heavy atom. The molecular weight excluding hydrogens is 284 g/mol. The zero-order valence-electron chi connectivity index (χ0n) is 10.8. The quantitative estimate of drug-likeness (QED) is 0.854. The van der Waals surface area contributed by atoms with Crippen LogP contribution in [-0.4, -0.2) is 15.5 Å². The van der Waals surface area contributed by atoms with Crippen molar-refractivity contribution in [1.29, 1.82) is 0 Å². The van der Waals surface area contributed by atoms with E-state index in [4.69, 9.17) is 4.42 Å². The molecule has 5 nitrogen and oxygen atoms in total. The largest absolute Gasteiger partial charge is 0.472 e. The van der Waals surface area contributed by atoms with Gasteiger partial charge in [0.1, 0.15) is 0 Å². The monoisotopic (exact) mass is 300 g/mol. The van der Waals surface area contributed by atoms with Crippen molar-refractivity contribution in [2.45, 2.75) is 24.9 Å². The molecule has 0 radical (unpaired) electrons. The highest BCUT2D eigenvalue weighted by molar-refractivity contribution is 7.89. The summed E-state index contributed by atoms with van der Waals surface area (Å²) in [6.07, 6.45) is 3.04. The van der Waals surface area contributed by atoms with Crippen LogP contribution in [0, 0.1) is 6.92 Å². The second-order valence-electron chi connectivity index (χ2n) is 4.12. The first kappa shape index (κ1) is 14.3. The van der Waals surface area contributed by atoms with E-state index in [1.807, 2.05) is 14.0 Å². The second kappa shape index (κ2) is 5.87. The topological polar surface area (TPSA) is 71.3 Å². The van der Waals surface area contributed by atoms with Gasteiger partial charge in [0, 0.05) is 28.4 Å². The lowest BCUT2D eigenvalue weighted by Crippen LogP contribution is -2.23. The number of hydrogen-bond donors (Lipinski definition) is 2. The molecule has 2 heterocycles. The van der Waals surface area contributed by atoms with Gasteiger partial charge in [0.25, 0.3) is 0 Å². The number of rotatable bonds is 6. The van der Waals surface area contributed by atoms with E-state index in [0.717, 1.165) is 15.3 Å². The molecule has 2 aromatic rings. The molecule has 2 N–H and O–H groups in total. The molecule has 0 saturated heterocycles. The molecule has 0 amide bonds. The Labute approximate surface area is 116 Å². The van der Waals surface area contributed by atoms with Crippen LogP contribution in [-0.2, 0) is 23.1 Å². The van der Waals surface area contributed by atoms with Crippen LogP contribution in [0.15, 0.2) is 34.0 Å². The minimum atomic E-state index is -3.47. The van der Waals surface area contributed by atoms with Gasteiger partial charge < -0.3 is 9.73 Å². The molecule has 0 aliphatic carbocycles. The van der Waals surface area contributed by atoms with Crippen LogP contribution in [0.3, 0.4) is 0 Å². The van der Waals surface area contributed by atoms with Crippen LogP contribution in [0.1, 0.15) is 15.3 Å². The summed E-state index contributed by atoms with van der Waals surface area (Å²) in [5.41, 5.74) is 0.798. The predicted octanol–water partition coefficient (Wildman–Crippen LogP) is 1.85. The molecule has 0 unspecified atom stereocenters. The predicted molar refractivity (Wildman–Crippen MR) is 74.6 cm³/mol. The van der Waals surface area contributed by atoms with Crippen LogP contribution in [0.5, 0.6) is 0 Å². The van der Waals surface area contributed by atoms with Gasteiger partial charge in [0.2, 0.25) is 10.0 Å². The third-order valence-electron chi connectivity index (χ3n) is 2.61. The van der Waals surface area contributed by atoms with Crippen molar-refractivity contribution in [1.82, 2.24) is 10.0 Å². The van der Waals surface area contributed by atoms with Crippen LogP contribution < -0.4 is 10.0 Å². The molecule has 104 valence electrons. The molecule has 0 saturated carbocycles. The molecule has 2 aromatic heterocycles. The average Bonchev–Trinajstić information content (AvgIpc) is 2.97. The molecule has 0 spiro atoms. The molecule has 0 fully saturated rings. The Kier molecular flexibility index (Phi) is 4.41. The Balaban J connectivity index is 2.14. The Hall–Kier alpha value is -1.15. The summed E-state index contributed by atoms with van der Waals surface area (Å²) in [6, 6.07) is 3.45. The van der Waals surface area contributed by atoms with Gasteiger partial charge in [-0.15, -0.1) is 11.3 Å². The van der Waals surface area contributed by atoms with Crippen LogP contribution in [0.4, 0.5) is 0 Å². The molecule has 2 rings (SSSR count). The van der Waals surface area contributed by atoms with E-state index >= 15 is 0 Å². The summed E-state index contributed by atoms with van der Waals surface area (Å²) in [5.74, 6) is 0. The number of aryl methyl sites for hydroxylation is 1. The second-order valence-corrected chi connectivity index (χ2v) is 7.20. The van der Waals surface area contributed by atoms with E-state index in [-0.39, 0.29) is 6.54 Å². The van der Waals surface area contributed by atoms with Gasteiger partial charge in [-0.25, -0.2) is 13.1 Å². The van der Waals surface area contributed by atoms with Gasteiger partial charge in [-0.2, -0.15) is 0 Å². The standard InChI is InChI=1S/C12H16N2O3S2/c1-9-12(5-11(18-9)7-13-2)19(15,16)14-6-10-3-4-17-8-10/h3-5,8,13-14H,6-7H2,1-2H3. The van der Waals surface area contributed by atoms with Gasteiger partial charge in [0.05, 0.1) is 17.4 Å². The van der Waals surface area contributed by atoms with Gasteiger partial charge in [-0.3, -0.25) is 0 Å². The number of hydrogen-bond acceptors (Lipinski definition) is 5. The zero-order valence-corrected chi connectivity index (χ0v) is 12.4. The molecule has 0 aromatic carbocycles. The minimum absolute atomic E-state index is 0.232. The Morgan fingerprint density at radius 2 is 2.16 bits per heavy atom. The molecule has 0 aliphatic heterocycles. The Bertz CT molecular complexity index is 630. The third kappa shape index (κ3) is 3.44. The molecule has 19 heavy (non-hydrogen) atoms. The van der Waals surface area contributed by atoms with Gasteiger partial charge in [-0.05, 0) is 26.1 Å². The third-order valence-corrected chi connectivity index (χ3v) is 5.32. The normalized spacial score (nSPS) is 11.9. The fraction of sp³-hybridized carbons (Fsp3) is 0.333. The summed E-state index contributed by atoms with van der Waals surface area (Å²) >= 11 is 1.49. The first-order valence-electron chi connectivity index (χ1n) is 5.77. The number of thiophene rings is 1. The molecule has 0 atom stereocenters. The van der Waals surface area contributed by atoms with E-state index in [0.29, 0.717) is 11.4 Å². The first-order chi connectivity index (χ1) is 9.03. The zero-order chi connectivity index (χ0) is 13.9. The summed E-state index contributed by atoms with van der Waals surface area (Å²) in [4.78, 5) is 2.15. The van der Waals surface area contributed by atoms with Gasteiger partial charge in [-0.1, -0.05) is 0 Å². The van der Waals surface area contributed by atoms with Crippen LogP contribution in [0.2, 0.25) is 0 Å². The number of sulfonamides is 1. The van der Waals surface area contributed by atoms with E-state index in [1.54, 1.807) is 12.1 Å². The van der Waals surface area contributed by atoms with E-state index < -0.39 is 10.0 Å². The van der Waals surface area contributed by atoms with Crippen molar-refractivity contribution < 1.29 is 12.8 Å². The van der Waals surface area contributed by atoms with Crippen molar-refractivity contribution in [2.24, 2.45) is 0 Å². The summed E-state index contributed by atoms with van der Waals surface area (Å²) in [6.45, 7) is 2.72. The van der Waals surface area contributed by atoms with E-state index in [9.17, 15) is 8.42 Å². The highest BCUT2D eigenvalue weighted by atomic mass is 32.2. The first-order valence-corrected chi connectivity index (χ1v) is 8.07. The minimum Gasteiger partial charge on any atom is -0.472 e. The number of furan rings is 1. The highest BCUT2D eigenvalue weighted by Crippen LogP contribution is 2.25. The highest BCUT2D eigenvalue weighted by Gasteiger charge is 2.19. The molecule has 0 aliphatic rings. The van der Waals surface area contributed by atoms with Crippen molar-refractivity contribution in [3.63, 3.8) is 0 Å². The SMILES string of the molecule is CNCc1cc(S(=O)(=O)NCc2ccoc2)c(C)s1. The molecule has 7 heteroatoms. The van der Waals surface area contributed by atoms with Crippen molar-refractivity contribution in [3.05, 3.63) is 40.0 Å². The van der Waals surface area contributed by atoms with Crippen molar-refractivity contribution in [2.75, 3.05) is 7.05 Å². The van der Waals surface area contributed by atoms with Crippen LogP contribution in [0.25, 0.3) is 0 Å². The lowest BCUT2D eigenvalue weighted by atomic mass is 10.4. The summed E-state index contributed by atoms with van der Waals surface area (Å²) < 4.78 is 31.9. The molecule has 0 bridgehead atoms. The lowest BCUT2D eigenvalue weighted by Gasteiger charge is -2.04. The Morgan fingerprint density at radius 1 is 1.37 bits per heavy atom. The van der Waals surface area contributed by atoms with Gasteiger partial charge in [0.15, 0.2) is 0 Å². The van der Waals surface area contributed by atoms with Crippen molar-refractivity contribution >= 4 is 21.4 Å². The number of nitrogens with one attached hydrogen (secondary N) is 2. The van der Waals surface area contributed by atoms with E-state index in [1.165, 1.54) is 23.9 Å². The van der Waals surface area contributed by atoms with Crippen LogP contribution >= 0.6 is 11.3 Å². The van der Waals surface area contributed by atoms with Gasteiger partial charge >= 0.3 is 0 Å². The maximum Gasteiger partial charge on any atom is 0.241 e. The smallest absolute Gasteiger partial charge is 0.241 e. The average molecular weight is 300 g/mol. The summed E-state index contributed by atoms with van der Waals surface area (Å²) in [5, 5.41) is 3.01. The maximum absolute atomic E-state index is 12.2. The van der Waals surface area contributed by atoms with E-state index in [2.05, 4.69) is 10.0 Å².